The molecule has 0 radical (unpaired) electrons. The second-order valence-electron chi connectivity index (χ2n) is 7.53. The van der Waals surface area contributed by atoms with Gasteiger partial charge in [0.15, 0.2) is 5.96 Å². The molecule has 0 spiro atoms. The van der Waals surface area contributed by atoms with Crippen LogP contribution in [-0.2, 0) is 11.2 Å². The zero-order chi connectivity index (χ0) is 16.4. The van der Waals surface area contributed by atoms with Crippen LogP contribution in [0, 0.1) is 17.3 Å². The normalized spacial score (nSPS) is 29.2. The van der Waals surface area contributed by atoms with Crippen molar-refractivity contribution in [2.24, 2.45) is 22.2 Å². The largest absolute Gasteiger partial charge is 0.377 e. The van der Waals surface area contributed by atoms with Crippen LogP contribution < -0.4 is 10.6 Å². The fourth-order valence-electron chi connectivity index (χ4n) is 4.07. The van der Waals surface area contributed by atoms with Gasteiger partial charge in [0.05, 0.1) is 6.10 Å². The number of halogens is 1. The molecule has 136 valence electrons. The standard InChI is InChI=1S/C18H29N3OS.HI/c1-12(10-13-6-5-9-23-13)11-20-17(19-4)21-15-14-7-8-22-16(14)18(15,2)3;/h5-6,9,12,14-16H,7-8,10-11H2,1-4H3,(H2,19,20,21);1H. The molecule has 1 saturated heterocycles. The van der Waals surface area contributed by atoms with E-state index >= 15 is 0 Å². The third-order valence-electron chi connectivity index (χ3n) is 5.36. The Morgan fingerprint density at radius 2 is 2.29 bits per heavy atom. The molecule has 1 aliphatic heterocycles. The smallest absolute Gasteiger partial charge is 0.191 e. The monoisotopic (exact) mass is 463 g/mol. The Kier molecular flexibility index (Phi) is 6.96. The number of guanidine groups is 1. The van der Waals surface area contributed by atoms with Gasteiger partial charge in [-0.2, -0.15) is 0 Å². The number of nitrogens with zero attached hydrogens (tertiary/aromatic N) is 1. The van der Waals surface area contributed by atoms with Crippen LogP contribution in [0.15, 0.2) is 22.5 Å². The molecule has 2 heterocycles. The van der Waals surface area contributed by atoms with E-state index in [1.165, 1.54) is 4.88 Å². The average Bonchev–Trinajstić information content (AvgIpc) is 3.17. The van der Waals surface area contributed by atoms with Crippen molar-refractivity contribution in [3.63, 3.8) is 0 Å². The third kappa shape index (κ3) is 4.07. The highest BCUT2D eigenvalue weighted by Crippen LogP contribution is 2.52. The molecule has 1 aliphatic carbocycles. The lowest BCUT2D eigenvalue weighted by Crippen LogP contribution is -2.68. The van der Waals surface area contributed by atoms with Gasteiger partial charge in [0.25, 0.3) is 0 Å². The highest BCUT2D eigenvalue weighted by molar-refractivity contribution is 14.0. The van der Waals surface area contributed by atoms with Gasteiger partial charge in [-0.15, -0.1) is 35.3 Å². The van der Waals surface area contributed by atoms with Crippen molar-refractivity contribution in [3.8, 4) is 0 Å². The van der Waals surface area contributed by atoms with Gasteiger partial charge in [0.2, 0.25) is 0 Å². The molecule has 4 unspecified atom stereocenters. The maximum absolute atomic E-state index is 5.87. The van der Waals surface area contributed by atoms with Crippen LogP contribution in [0.5, 0.6) is 0 Å². The highest BCUT2D eigenvalue weighted by atomic mass is 127. The molecule has 2 fully saturated rings. The summed E-state index contributed by atoms with van der Waals surface area (Å²) < 4.78 is 5.87. The summed E-state index contributed by atoms with van der Waals surface area (Å²) in [5.41, 5.74) is 0.182. The predicted molar refractivity (Wildman–Crippen MR) is 113 cm³/mol. The van der Waals surface area contributed by atoms with Gasteiger partial charge < -0.3 is 15.4 Å². The topological polar surface area (TPSA) is 45.7 Å². The minimum atomic E-state index is 0. The predicted octanol–water partition coefficient (Wildman–Crippen LogP) is 3.52. The van der Waals surface area contributed by atoms with Crippen molar-refractivity contribution in [1.82, 2.24) is 10.6 Å². The van der Waals surface area contributed by atoms with Gasteiger partial charge >= 0.3 is 0 Å². The average molecular weight is 463 g/mol. The number of aliphatic imine (C=N–C) groups is 1. The van der Waals surface area contributed by atoms with Crippen molar-refractivity contribution >= 4 is 41.3 Å². The van der Waals surface area contributed by atoms with Gasteiger partial charge in [-0.05, 0) is 30.2 Å². The van der Waals surface area contributed by atoms with Crippen molar-refractivity contribution in [2.45, 2.75) is 45.8 Å². The lowest BCUT2D eigenvalue weighted by Gasteiger charge is -2.54. The SMILES string of the molecule is CN=C(NCC(C)Cc1cccs1)NC1C2CCOC2C1(C)C.I. The zero-order valence-corrected chi connectivity index (χ0v) is 18.2. The van der Waals surface area contributed by atoms with Crippen LogP contribution in [0.4, 0.5) is 0 Å². The van der Waals surface area contributed by atoms with Crippen LogP contribution in [0.1, 0.15) is 32.1 Å². The first-order valence-electron chi connectivity index (χ1n) is 8.63. The number of ether oxygens (including phenoxy) is 1. The van der Waals surface area contributed by atoms with E-state index in [1.54, 1.807) is 0 Å². The van der Waals surface area contributed by atoms with Crippen LogP contribution in [-0.4, -0.2) is 38.3 Å². The fraction of sp³-hybridized carbons (Fsp3) is 0.722. The maximum Gasteiger partial charge on any atom is 0.191 e. The minimum Gasteiger partial charge on any atom is -0.377 e. The second-order valence-corrected chi connectivity index (χ2v) is 8.56. The molecule has 1 saturated carbocycles. The first-order valence-corrected chi connectivity index (χ1v) is 9.51. The van der Waals surface area contributed by atoms with Gasteiger partial charge in [0.1, 0.15) is 0 Å². The molecule has 4 nitrogen and oxygen atoms in total. The summed E-state index contributed by atoms with van der Waals surface area (Å²) in [4.78, 5) is 5.87. The fourth-order valence-corrected chi connectivity index (χ4v) is 4.94. The molecule has 2 N–H and O–H groups in total. The molecule has 6 heteroatoms. The molecule has 3 rings (SSSR count). The molecule has 1 aromatic rings. The maximum atomic E-state index is 5.87. The Morgan fingerprint density at radius 1 is 1.50 bits per heavy atom. The number of thiophene rings is 1. The summed E-state index contributed by atoms with van der Waals surface area (Å²) in [6, 6.07) is 4.79. The summed E-state index contributed by atoms with van der Waals surface area (Å²) in [5, 5.41) is 9.29. The number of rotatable bonds is 5. The summed E-state index contributed by atoms with van der Waals surface area (Å²) in [5.74, 6) is 2.14. The van der Waals surface area contributed by atoms with Crippen LogP contribution >= 0.6 is 35.3 Å². The van der Waals surface area contributed by atoms with Crippen LogP contribution in [0.2, 0.25) is 0 Å². The minimum absolute atomic E-state index is 0. The Morgan fingerprint density at radius 3 is 2.96 bits per heavy atom. The van der Waals surface area contributed by atoms with E-state index in [-0.39, 0.29) is 29.4 Å². The van der Waals surface area contributed by atoms with E-state index in [4.69, 9.17) is 4.74 Å². The van der Waals surface area contributed by atoms with E-state index < -0.39 is 0 Å². The highest BCUT2D eigenvalue weighted by Gasteiger charge is 2.59. The second kappa shape index (κ2) is 8.36. The van der Waals surface area contributed by atoms with E-state index in [0.29, 0.717) is 24.0 Å². The van der Waals surface area contributed by atoms with Crippen molar-refractivity contribution in [1.29, 1.82) is 0 Å². The van der Waals surface area contributed by atoms with Gasteiger partial charge in [0, 0.05) is 42.5 Å². The van der Waals surface area contributed by atoms with Crippen LogP contribution in [0.25, 0.3) is 0 Å². The van der Waals surface area contributed by atoms with Crippen LogP contribution in [0.3, 0.4) is 0 Å². The number of fused-ring (bicyclic) bond motifs is 1. The van der Waals surface area contributed by atoms with E-state index in [2.05, 4.69) is 53.9 Å². The van der Waals surface area contributed by atoms with E-state index in [9.17, 15) is 0 Å². The molecular weight excluding hydrogens is 433 g/mol. The van der Waals surface area contributed by atoms with Gasteiger partial charge in [-0.3, -0.25) is 4.99 Å². The first kappa shape index (κ1) is 20.0. The van der Waals surface area contributed by atoms with E-state index in [0.717, 1.165) is 32.0 Å². The summed E-state index contributed by atoms with van der Waals surface area (Å²) in [7, 11) is 1.85. The molecule has 0 bridgehead atoms. The van der Waals surface area contributed by atoms with Gasteiger partial charge in [-0.25, -0.2) is 0 Å². The first-order chi connectivity index (χ1) is 11.0. The molecule has 24 heavy (non-hydrogen) atoms. The molecule has 1 aromatic heterocycles. The summed E-state index contributed by atoms with van der Waals surface area (Å²) >= 11 is 1.84. The Bertz CT molecular complexity index is 546. The summed E-state index contributed by atoms with van der Waals surface area (Å²) in [6.07, 6.45) is 2.70. The van der Waals surface area contributed by atoms with E-state index in [1.807, 2.05) is 18.4 Å². The molecule has 4 atom stereocenters. The Labute approximate surface area is 166 Å². The summed E-state index contributed by atoms with van der Waals surface area (Å²) in [6.45, 7) is 8.72. The zero-order valence-electron chi connectivity index (χ0n) is 15.0. The quantitative estimate of drug-likeness (QED) is 0.399. The number of hydrogen-bond donors (Lipinski definition) is 2. The third-order valence-corrected chi connectivity index (χ3v) is 6.26. The number of nitrogens with one attached hydrogen (secondary N) is 2. The lowest BCUT2D eigenvalue weighted by atomic mass is 9.57. The lowest BCUT2D eigenvalue weighted by molar-refractivity contribution is -0.106. The Hall–Kier alpha value is -0.340. The van der Waals surface area contributed by atoms with Crippen molar-refractivity contribution < 1.29 is 4.74 Å². The van der Waals surface area contributed by atoms with Gasteiger partial charge in [-0.1, -0.05) is 26.8 Å². The molecule has 0 aromatic carbocycles. The Balaban J connectivity index is 0.00000208. The van der Waals surface area contributed by atoms with Crippen molar-refractivity contribution in [2.75, 3.05) is 20.2 Å². The van der Waals surface area contributed by atoms with Crippen molar-refractivity contribution in [3.05, 3.63) is 22.4 Å². The number of hydrogen-bond acceptors (Lipinski definition) is 3. The molecule has 0 amide bonds. The molecular formula is C18H30IN3OS. The molecule has 2 aliphatic rings.